The van der Waals surface area contributed by atoms with Crippen LogP contribution in [-0.2, 0) is 26.2 Å². The lowest BCUT2D eigenvalue weighted by Crippen LogP contribution is -2.38. The molecule has 26 heavy (non-hydrogen) atoms. The average Bonchev–Trinajstić information content (AvgIpc) is 2.59. The molecule has 2 aromatic rings. The van der Waals surface area contributed by atoms with Crippen LogP contribution in [-0.4, -0.2) is 26.8 Å². The number of aldehydes is 1. The van der Waals surface area contributed by atoms with Crippen LogP contribution in [0.25, 0.3) is 0 Å². The van der Waals surface area contributed by atoms with Gasteiger partial charge in [0.25, 0.3) is 0 Å². The molecule has 0 aliphatic carbocycles. The maximum atomic E-state index is 12.4. The molecule has 2 unspecified atom stereocenters. The molecule has 0 radical (unpaired) electrons. The normalized spacial score (nSPS) is 14.0. The maximum absolute atomic E-state index is 12.4. The van der Waals surface area contributed by atoms with Crippen molar-refractivity contribution < 1.29 is 17.9 Å². The van der Waals surface area contributed by atoms with Gasteiger partial charge >= 0.3 is 0 Å². The monoisotopic (exact) mass is 395 g/mol. The summed E-state index contributed by atoms with van der Waals surface area (Å²) in [4.78, 5) is 11.4. The molecule has 1 N–H and O–H groups in total. The molecular formula is C19H22ClNO4S. The van der Waals surface area contributed by atoms with E-state index in [2.05, 4.69) is 4.72 Å². The summed E-state index contributed by atoms with van der Waals surface area (Å²) >= 11 is 5.93. The molecule has 2 atom stereocenters. The lowest BCUT2D eigenvalue weighted by atomic mass is 10.1. The number of ether oxygens (including phenoxy) is 1. The molecule has 5 nitrogen and oxygen atoms in total. The Hall–Kier alpha value is -1.73. The molecule has 0 saturated carbocycles. The minimum absolute atomic E-state index is 0.127. The van der Waals surface area contributed by atoms with Crippen molar-refractivity contribution in [2.24, 2.45) is 0 Å². The predicted molar refractivity (Wildman–Crippen MR) is 102 cm³/mol. The number of hydrogen-bond acceptors (Lipinski definition) is 4. The van der Waals surface area contributed by atoms with Crippen LogP contribution in [0.1, 0.15) is 24.5 Å². The molecule has 7 heteroatoms. The van der Waals surface area contributed by atoms with E-state index >= 15 is 0 Å². The Balaban J connectivity index is 1.93. The second kappa shape index (κ2) is 9.28. The quantitative estimate of drug-likeness (QED) is 0.659. The van der Waals surface area contributed by atoms with E-state index in [4.69, 9.17) is 16.3 Å². The minimum Gasteiger partial charge on any atom is -0.374 e. The number of benzene rings is 2. The van der Waals surface area contributed by atoms with Gasteiger partial charge < -0.3 is 9.53 Å². The highest BCUT2D eigenvalue weighted by Gasteiger charge is 2.21. The topological polar surface area (TPSA) is 72.5 Å². The Morgan fingerprint density at radius 3 is 2.50 bits per heavy atom. The summed E-state index contributed by atoms with van der Waals surface area (Å²) in [6.45, 7) is 4.00. The number of carbonyl (C=O) groups is 1. The first-order chi connectivity index (χ1) is 12.3. The zero-order valence-corrected chi connectivity index (χ0v) is 16.3. The summed E-state index contributed by atoms with van der Waals surface area (Å²) in [5.74, 6) is 0. The van der Waals surface area contributed by atoms with Crippen molar-refractivity contribution in [3.8, 4) is 0 Å². The molecule has 2 aromatic carbocycles. The SMILES string of the molecule is Cc1ccc(S(=O)(=O)NC(C=O)CC(C)OCc2cccc(Cl)c2)cc1. The van der Waals surface area contributed by atoms with Crippen molar-refractivity contribution in [1.29, 1.82) is 0 Å². The van der Waals surface area contributed by atoms with Crippen molar-refractivity contribution in [3.05, 3.63) is 64.7 Å². The highest BCUT2D eigenvalue weighted by atomic mass is 35.5. The van der Waals surface area contributed by atoms with E-state index in [9.17, 15) is 13.2 Å². The molecule has 140 valence electrons. The molecular weight excluding hydrogens is 374 g/mol. The molecule has 0 heterocycles. The molecule has 0 fully saturated rings. The van der Waals surface area contributed by atoms with Crippen LogP contribution in [0.15, 0.2) is 53.4 Å². The lowest BCUT2D eigenvalue weighted by Gasteiger charge is -2.18. The predicted octanol–water partition coefficient (Wildman–Crippen LogP) is 3.49. The van der Waals surface area contributed by atoms with Crippen molar-refractivity contribution in [2.45, 2.75) is 43.9 Å². The van der Waals surface area contributed by atoms with E-state index < -0.39 is 16.1 Å². The van der Waals surface area contributed by atoms with E-state index in [1.807, 2.05) is 19.1 Å². The highest BCUT2D eigenvalue weighted by molar-refractivity contribution is 7.89. The molecule has 0 aliphatic rings. The molecule has 2 rings (SSSR count). The van der Waals surface area contributed by atoms with Crippen molar-refractivity contribution in [2.75, 3.05) is 0 Å². The first-order valence-electron chi connectivity index (χ1n) is 8.20. The van der Waals surface area contributed by atoms with Gasteiger partial charge in [-0.25, -0.2) is 13.1 Å². The molecule has 0 bridgehead atoms. The number of carbonyl (C=O) groups excluding carboxylic acids is 1. The smallest absolute Gasteiger partial charge is 0.241 e. The fourth-order valence-electron chi connectivity index (χ4n) is 2.41. The molecule has 0 saturated heterocycles. The third-order valence-electron chi connectivity index (χ3n) is 3.81. The molecule has 0 amide bonds. The number of aryl methyl sites for hydroxylation is 1. The van der Waals surface area contributed by atoms with Crippen LogP contribution < -0.4 is 4.72 Å². The maximum Gasteiger partial charge on any atom is 0.241 e. The van der Waals surface area contributed by atoms with Crippen LogP contribution in [0.3, 0.4) is 0 Å². The Labute approximate surface area is 159 Å². The van der Waals surface area contributed by atoms with E-state index in [1.54, 1.807) is 31.2 Å². The standard InChI is InChI=1S/C19H22ClNO4S/c1-14-6-8-19(9-7-14)26(23,24)21-18(12-22)10-15(2)25-13-16-4-3-5-17(20)11-16/h3-9,11-12,15,18,21H,10,13H2,1-2H3. The first kappa shape index (κ1) is 20.6. The average molecular weight is 396 g/mol. The Morgan fingerprint density at radius 2 is 1.88 bits per heavy atom. The largest absolute Gasteiger partial charge is 0.374 e. The molecule has 0 aromatic heterocycles. The summed E-state index contributed by atoms with van der Waals surface area (Å²) in [6, 6.07) is 12.9. The van der Waals surface area contributed by atoms with E-state index in [-0.39, 0.29) is 17.4 Å². The van der Waals surface area contributed by atoms with Gasteiger partial charge in [-0.05, 0) is 50.1 Å². The Morgan fingerprint density at radius 1 is 1.19 bits per heavy atom. The van der Waals surface area contributed by atoms with Gasteiger partial charge in [0.2, 0.25) is 10.0 Å². The van der Waals surface area contributed by atoms with Crippen LogP contribution in [0.4, 0.5) is 0 Å². The molecule has 0 aliphatic heterocycles. The van der Waals surface area contributed by atoms with E-state index in [0.717, 1.165) is 11.1 Å². The Kier molecular flexibility index (Phi) is 7.34. The third-order valence-corrected chi connectivity index (χ3v) is 5.55. The summed E-state index contributed by atoms with van der Waals surface area (Å²) in [5.41, 5.74) is 1.87. The summed E-state index contributed by atoms with van der Waals surface area (Å²) in [6.07, 6.45) is 0.505. The van der Waals surface area contributed by atoms with Gasteiger partial charge in [0, 0.05) is 5.02 Å². The van der Waals surface area contributed by atoms with E-state index in [0.29, 0.717) is 17.9 Å². The Bertz CT molecular complexity index is 837. The van der Waals surface area contributed by atoms with Crippen molar-refractivity contribution in [3.63, 3.8) is 0 Å². The van der Waals surface area contributed by atoms with Gasteiger partial charge in [0.1, 0.15) is 6.29 Å². The van der Waals surface area contributed by atoms with Crippen LogP contribution in [0, 0.1) is 6.92 Å². The van der Waals surface area contributed by atoms with E-state index in [1.165, 1.54) is 12.1 Å². The second-order valence-corrected chi connectivity index (χ2v) is 8.31. The van der Waals surface area contributed by atoms with Crippen molar-refractivity contribution in [1.82, 2.24) is 4.72 Å². The van der Waals surface area contributed by atoms with Crippen LogP contribution in [0.5, 0.6) is 0 Å². The van der Waals surface area contributed by atoms with Crippen molar-refractivity contribution >= 4 is 27.9 Å². The fourth-order valence-corrected chi connectivity index (χ4v) is 3.80. The third kappa shape index (κ3) is 6.21. The number of rotatable bonds is 9. The zero-order chi connectivity index (χ0) is 19.2. The lowest BCUT2D eigenvalue weighted by molar-refractivity contribution is -0.110. The van der Waals surface area contributed by atoms with Crippen LogP contribution in [0.2, 0.25) is 5.02 Å². The number of hydrogen-bond donors (Lipinski definition) is 1. The first-order valence-corrected chi connectivity index (χ1v) is 10.1. The zero-order valence-electron chi connectivity index (χ0n) is 14.7. The summed E-state index contributed by atoms with van der Waals surface area (Å²) in [5, 5.41) is 0.621. The fraction of sp³-hybridized carbons (Fsp3) is 0.316. The number of nitrogens with one attached hydrogen (secondary N) is 1. The number of halogens is 1. The summed E-state index contributed by atoms with van der Waals surface area (Å²) in [7, 11) is -3.76. The van der Waals surface area contributed by atoms with Gasteiger partial charge in [0.05, 0.1) is 23.6 Å². The second-order valence-electron chi connectivity index (χ2n) is 6.16. The van der Waals surface area contributed by atoms with Gasteiger partial charge in [-0.1, -0.05) is 41.4 Å². The summed E-state index contributed by atoms with van der Waals surface area (Å²) < 4.78 is 32.9. The van der Waals surface area contributed by atoms with Gasteiger partial charge in [-0.15, -0.1) is 0 Å². The van der Waals surface area contributed by atoms with Gasteiger partial charge in [0.15, 0.2) is 0 Å². The molecule has 0 spiro atoms. The van der Waals surface area contributed by atoms with Gasteiger partial charge in [-0.3, -0.25) is 0 Å². The minimum atomic E-state index is -3.76. The number of sulfonamides is 1. The van der Waals surface area contributed by atoms with Crippen LogP contribution >= 0.6 is 11.6 Å². The highest BCUT2D eigenvalue weighted by Crippen LogP contribution is 2.15. The van der Waals surface area contributed by atoms with Gasteiger partial charge in [-0.2, -0.15) is 0 Å².